The smallest absolute Gasteiger partial charge is 0.228 e. The molecule has 0 radical (unpaired) electrons. The van der Waals surface area contributed by atoms with Gasteiger partial charge in [0.2, 0.25) is 11.8 Å². The van der Waals surface area contributed by atoms with Crippen molar-refractivity contribution in [3.8, 4) is 0 Å². The number of benzene rings is 1. The summed E-state index contributed by atoms with van der Waals surface area (Å²) in [4.78, 5) is 28.8. The van der Waals surface area contributed by atoms with Gasteiger partial charge in [-0.25, -0.2) is 0 Å². The molecule has 0 N–H and O–H groups in total. The molecular weight excluding hydrogens is 304 g/mol. The molecule has 2 amide bonds. The van der Waals surface area contributed by atoms with Crippen LogP contribution in [-0.2, 0) is 20.7 Å². The van der Waals surface area contributed by atoms with Crippen molar-refractivity contribution < 1.29 is 14.3 Å². The van der Waals surface area contributed by atoms with E-state index < -0.39 is 0 Å². The third-order valence-electron chi connectivity index (χ3n) is 4.86. The first-order valence-corrected chi connectivity index (χ1v) is 8.81. The summed E-state index contributed by atoms with van der Waals surface area (Å²) in [6.45, 7) is 7.77. The summed E-state index contributed by atoms with van der Waals surface area (Å²) < 4.78 is 5.69. The van der Waals surface area contributed by atoms with E-state index in [1.54, 1.807) is 4.90 Å². The lowest BCUT2D eigenvalue weighted by Crippen LogP contribution is -2.50. The number of carbonyl (C=O) groups excluding carboxylic acids is 2. The Morgan fingerprint density at radius 1 is 1.12 bits per heavy atom. The molecule has 0 spiro atoms. The van der Waals surface area contributed by atoms with Crippen molar-refractivity contribution >= 4 is 17.5 Å². The van der Waals surface area contributed by atoms with Gasteiger partial charge in [-0.3, -0.25) is 9.59 Å². The minimum atomic E-state index is -0.249. The molecule has 2 saturated heterocycles. The molecule has 5 nitrogen and oxygen atoms in total. The molecule has 2 aliphatic rings. The monoisotopic (exact) mass is 330 g/mol. The van der Waals surface area contributed by atoms with E-state index >= 15 is 0 Å². The Morgan fingerprint density at radius 3 is 2.33 bits per heavy atom. The predicted molar refractivity (Wildman–Crippen MR) is 92.9 cm³/mol. The summed E-state index contributed by atoms with van der Waals surface area (Å²) in [7, 11) is 0. The number of ether oxygens (including phenoxy) is 1. The molecule has 0 saturated carbocycles. The number of carbonyl (C=O) groups is 2. The average molecular weight is 330 g/mol. The van der Waals surface area contributed by atoms with Gasteiger partial charge in [-0.2, -0.15) is 0 Å². The lowest BCUT2D eigenvalue weighted by Gasteiger charge is -2.36. The van der Waals surface area contributed by atoms with Crippen LogP contribution in [0.4, 0.5) is 5.69 Å². The van der Waals surface area contributed by atoms with E-state index in [0.29, 0.717) is 26.1 Å². The second-order valence-electron chi connectivity index (χ2n) is 6.93. The second kappa shape index (κ2) is 6.93. The standard InChI is InChI=1S/C19H26N2O3/c1-4-15-5-7-17(8-6-15)21-12-16(9-18(21)22)19(23)20-10-13(2)24-14(3)11-20/h5-8,13-14,16H,4,9-12H2,1-3H3/t13-,14-,16-/m1/s1. The normalized spacial score (nSPS) is 27.6. The second-order valence-corrected chi connectivity index (χ2v) is 6.93. The van der Waals surface area contributed by atoms with E-state index in [9.17, 15) is 9.59 Å². The SMILES string of the molecule is CCc1ccc(N2C[C@H](C(=O)N3C[C@@H](C)O[C@H](C)C3)CC2=O)cc1. The van der Waals surface area contributed by atoms with Gasteiger partial charge in [-0.1, -0.05) is 19.1 Å². The first-order chi connectivity index (χ1) is 11.5. The first-order valence-electron chi connectivity index (χ1n) is 8.81. The molecule has 0 unspecified atom stereocenters. The fraction of sp³-hybridized carbons (Fsp3) is 0.579. The van der Waals surface area contributed by atoms with E-state index in [-0.39, 0.29) is 29.9 Å². The van der Waals surface area contributed by atoms with Gasteiger partial charge in [0.25, 0.3) is 0 Å². The molecule has 1 aromatic rings. The van der Waals surface area contributed by atoms with Gasteiger partial charge in [0.15, 0.2) is 0 Å². The quantitative estimate of drug-likeness (QED) is 0.854. The third-order valence-corrected chi connectivity index (χ3v) is 4.86. The van der Waals surface area contributed by atoms with Gasteiger partial charge in [0.1, 0.15) is 0 Å². The van der Waals surface area contributed by atoms with Crippen LogP contribution in [-0.4, -0.2) is 48.6 Å². The third kappa shape index (κ3) is 3.46. The van der Waals surface area contributed by atoms with E-state index in [0.717, 1.165) is 12.1 Å². The zero-order valence-electron chi connectivity index (χ0n) is 14.7. The largest absolute Gasteiger partial charge is 0.372 e. The molecule has 2 fully saturated rings. The van der Waals surface area contributed by atoms with Crippen molar-refractivity contribution in [2.75, 3.05) is 24.5 Å². The molecule has 0 bridgehead atoms. The van der Waals surface area contributed by atoms with Crippen LogP contribution in [0.15, 0.2) is 24.3 Å². The fourth-order valence-electron chi connectivity index (χ4n) is 3.65. The molecule has 1 aromatic carbocycles. The fourth-order valence-corrected chi connectivity index (χ4v) is 3.65. The predicted octanol–water partition coefficient (Wildman–Crippen LogP) is 2.24. The summed E-state index contributed by atoms with van der Waals surface area (Å²) in [5, 5.41) is 0. The summed E-state index contributed by atoms with van der Waals surface area (Å²) in [5.41, 5.74) is 2.13. The number of anilines is 1. The summed E-state index contributed by atoms with van der Waals surface area (Å²) in [6, 6.07) is 8.04. The van der Waals surface area contributed by atoms with Crippen LogP contribution < -0.4 is 4.90 Å². The number of amides is 2. The minimum absolute atomic E-state index is 0.0342. The number of hydrogen-bond acceptors (Lipinski definition) is 3. The van der Waals surface area contributed by atoms with Crippen LogP contribution >= 0.6 is 0 Å². The zero-order valence-corrected chi connectivity index (χ0v) is 14.7. The van der Waals surface area contributed by atoms with Crippen molar-refractivity contribution in [2.24, 2.45) is 5.92 Å². The van der Waals surface area contributed by atoms with Crippen molar-refractivity contribution in [2.45, 2.75) is 45.8 Å². The Morgan fingerprint density at radius 2 is 1.75 bits per heavy atom. The van der Waals surface area contributed by atoms with Crippen molar-refractivity contribution in [3.05, 3.63) is 29.8 Å². The highest BCUT2D eigenvalue weighted by Crippen LogP contribution is 2.27. The lowest BCUT2D eigenvalue weighted by atomic mass is 10.1. The maximum Gasteiger partial charge on any atom is 0.228 e. The highest BCUT2D eigenvalue weighted by atomic mass is 16.5. The van der Waals surface area contributed by atoms with Gasteiger partial charge < -0.3 is 14.5 Å². The first kappa shape index (κ1) is 17.0. The van der Waals surface area contributed by atoms with Gasteiger partial charge in [-0.15, -0.1) is 0 Å². The van der Waals surface area contributed by atoms with Gasteiger partial charge in [-0.05, 0) is 38.0 Å². The van der Waals surface area contributed by atoms with Crippen LogP contribution in [0, 0.1) is 5.92 Å². The van der Waals surface area contributed by atoms with Gasteiger partial charge in [0.05, 0.1) is 18.1 Å². The van der Waals surface area contributed by atoms with Crippen molar-refractivity contribution in [1.29, 1.82) is 0 Å². The van der Waals surface area contributed by atoms with Crippen molar-refractivity contribution in [3.63, 3.8) is 0 Å². The topological polar surface area (TPSA) is 49.9 Å². The Balaban J connectivity index is 1.68. The summed E-state index contributed by atoms with van der Waals surface area (Å²) in [6.07, 6.45) is 1.37. The lowest BCUT2D eigenvalue weighted by molar-refractivity contribution is -0.147. The average Bonchev–Trinajstić information content (AvgIpc) is 2.95. The molecule has 24 heavy (non-hydrogen) atoms. The molecule has 3 rings (SSSR count). The minimum Gasteiger partial charge on any atom is -0.372 e. The molecule has 5 heteroatoms. The molecule has 0 aliphatic carbocycles. The molecular formula is C19H26N2O3. The molecule has 2 heterocycles. The number of morpholine rings is 1. The molecule has 130 valence electrons. The van der Waals surface area contributed by atoms with E-state index in [1.807, 2.05) is 43.0 Å². The number of rotatable bonds is 3. The van der Waals surface area contributed by atoms with Crippen LogP contribution in [0.25, 0.3) is 0 Å². The van der Waals surface area contributed by atoms with Crippen LogP contribution in [0.2, 0.25) is 0 Å². The van der Waals surface area contributed by atoms with E-state index in [1.165, 1.54) is 5.56 Å². The highest BCUT2D eigenvalue weighted by molar-refractivity contribution is 6.00. The zero-order chi connectivity index (χ0) is 17.3. The maximum atomic E-state index is 12.8. The summed E-state index contributed by atoms with van der Waals surface area (Å²) >= 11 is 0. The Labute approximate surface area is 143 Å². The van der Waals surface area contributed by atoms with Gasteiger partial charge in [0, 0.05) is 31.7 Å². The van der Waals surface area contributed by atoms with Crippen LogP contribution in [0.5, 0.6) is 0 Å². The van der Waals surface area contributed by atoms with Gasteiger partial charge >= 0.3 is 0 Å². The van der Waals surface area contributed by atoms with E-state index in [2.05, 4.69) is 6.92 Å². The number of nitrogens with zero attached hydrogens (tertiary/aromatic N) is 2. The van der Waals surface area contributed by atoms with Crippen molar-refractivity contribution in [1.82, 2.24) is 4.90 Å². The number of aryl methyl sites for hydroxylation is 1. The number of hydrogen-bond donors (Lipinski definition) is 0. The Kier molecular flexibility index (Phi) is 4.90. The van der Waals surface area contributed by atoms with E-state index in [4.69, 9.17) is 4.74 Å². The molecule has 3 atom stereocenters. The molecule has 0 aromatic heterocycles. The molecule has 2 aliphatic heterocycles. The highest BCUT2D eigenvalue weighted by Gasteiger charge is 2.38. The van der Waals surface area contributed by atoms with Crippen LogP contribution in [0.1, 0.15) is 32.8 Å². The Hall–Kier alpha value is -1.88. The summed E-state index contributed by atoms with van der Waals surface area (Å²) in [5.74, 6) is -0.133. The Bertz CT molecular complexity index is 604. The van der Waals surface area contributed by atoms with Crippen LogP contribution in [0.3, 0.4) is 0 Å². The maximum absolute atomic E-state index is 12.8.